The summed E-state index contributed by atoms with van der Waals surface area (Å²) in [5.74, 6) is -5.93. The van der Waals surface area contributed by atoms with Crippen molar-refractivity contribution in [1.82, 2.24) is 14.9 Å². The third-order valence-corrected chi connectivity index (χ3v) is 6.51. The van der Waals surface area contributed by atoms with Crippen LogP contribution in [-0.4, -0.2) is 96.7 Å². The van der Waals surface area contributed by atoms with Gasteiger partial charge in [0.15, 0.2) is 23.1 Å². The summed E-state index contributed by atoms with van der Waals surface area (Å²) in [6, 6.07) is 1.18. The van der Waals surface area contributed by atoms with Crippen LogP contribution < -0.4 is 19.3 Å². The fraction of sp³-hybridized carbons (Fsp3) is 0.417. The number of H-pyrrole nitrogens is 1. The number of benzene rings is 1. The van der Waals surface area contributed by atoms with Crippen molar-refractivity contribution in [2.24, 2.45) is 0 Å². The molecule has 15 nitrogen and oxygen atoms in total. The Labute approximate surface area is 229 Å². The molecule has 5 rings (SSSR count). The molecule has 0 saturated carbocycles. The molecule has 1 aromatic carbocycles. The maximum absolute atomic E-state index is 15.5. The molecule has 0 unspecified atom stereocenters. The highest BCUT2D eigenvalue weighted by Crippen LogP contribution is 2.43. The predicted octanol–water partition coefficient (Wildman–Crippen LogP) is -0.426. The number of rotatable bonds is 8. The van der Waals surface area contributed by atoms with Crippen LogP contribution in [-0.2, 0) is 17.8 Å². The maximum Gasteiger partial charge on any atom is 0.453 e. The van der Waals surface area contributed by atoms with E-state index in [2.05, 4.69) is 24.3 Å². The molecule has 2 amide bonds. The fourth-order valence-corrected chi connectivity index (χ4v) is 4.88. The van der Waals surface area contributed by atoms with E-state index >= 15 is 8.78 Å². The number of ether oxygens (including phenoxy) is 3. The van der Waals surface area contributed by atoms with Gasteiger partial charge in [0.05, 0.1) is 25.4 Å². The lowest BCUT2D eigenvalue weighted by molar-refractivity contribution is -0.421. The second kappa shape index (κ2) is 10.6. The molecule has 1 saturated heterocycles. The number of nitrogens with zero attached hydrogens (tertiary/aromatic N) is 4. The van der Waals surface area contributed by atoms with Crippen LogP contribution in [0.1, 0.15) is 18.2 Å². The molecule has 4 heterocycles. The molecule has 0 radical (unpaired) electrons. The van der Waals surface area contributed by atoms with Crippen LogP contribution in [0.2, 0.25) is 0 Å². The first-order chi connectivity index (χ1) is 19.3. The number of nitrogens with one attached hydrogen (secondary N) is 1. The van der Waals surface area contributed by atoms with Gasteiger partial charge in [0.1, 0.15) is 11.3 Å². The van der Waals surface area contributed by atoms with Crippen LogP contribution in [0.3, 0.4) is 0 Å². The first-order valence-electron chi connectivity index (χ1n) is 12.4. The SMILES string of the molecule is CCN1C(=O)N(c2c(F)c(OC(O)(O)O)cc(OC(O)(O)O)c2F)Cc2cnc3[nH]c(CN4CCOCC4)cc3c21. The van der Waals surface area contributed by atoms with Gasteiger partial charge in [-0.1, -0.05) is 0 Å². The third-order valence-electron chi connectivity index (χ3n) is 6.51. The van der Waals surface area contributed by atoms with E-state index in [4.69, 9.17) is 4.74 Å². The molecular weight excluding hydrogens is 556 g/mol. The van der Waals surface area contributed by atoms with Gasteiger partial charge in [-0.25, -0.2) is 18.6 Å². The summed E-state index contributed by atoms with van der Waals surface area (Å²) in [5.41, 5.74) is 0.976. The largest absolute Gasteiger partial charge is 0.453 e. The van der Waals surface area contributed by atoms with Gasteiger partial charge in [0.2, 0.25) is 0 Å². The van der Waals surface area contributed by atoms with Crippen molar-refractivity contribution < 1.29 is 58.4 Å². The van der Waals surface area contributed by atoms with Crippen LogP contribution in [0, 0.1) is 11.6 Å². The number of hydrogen-bond donors (Lipinski definition) is 7. The van der Waals surface area contributed by atoms with Crippen LogP contribution in [0.4, 0.5) is 25.0 Å². The number of aromatic nitrogens is 2. The highest BCUT2D eigenvalue weighted by atomic mass is 19.1. The van der Waals surface area contributed by atoms with Crippen molar-refractivity contribution in [1.29, 1.82) is 0 Å². The Morgan fingerprint density at radius 1 is 1.00 bits per heavy atom. The lowest BCUT2D eigenvalue weighted by Crippen LogP contribution is -2.48. The van der Waals surface area contributed by atoms with E-state index in [0.717, 1.165) is 18.8 Å². The van der Waals surface area contributed by atoms with Crippen molar-refractivity contribution in [2.75, 3.05) is 42.6 Å². The second-order valence-electron chi connectivity index (χ2n) is 9.39. The van der Waals surface area contributed by atoms with E-state index in [1.54, 1.807) is 6.92 Å². The van der Waals surface area contributed by atoms with E-state index in [9.17, 15) is 35.4 Å². The molecule has 0 spiro atoms. The smallest absolute Gasteiger partial charge is 0.413 e. The molecule has 2 aromatic heterocycles. The maximum atomic E-state index is 15.5. The van der Waals surface area contributed by atoms with Gasteiger partial charge in [-0.15, -0.1) is 0 Å². The van der Waals surface area contributed by atoms with Crippen molar-refractivity contribution in [3.05, 3.63) is 41.2 Å². The van der Waals surface area contributed by atoms with Crippen LogP contribution in [0.5, 0.6) is 11.5 Å². The van der Waals surface area contributed by atoms with Gasteiger partial charge >= 0.3 is 18.3 Å². The van der Waals surface area contributed by atoms with E-state index < -0.39 is 53.7 Å². The van der Waals surface area contributed by atoms with Gasteiger partial charge in [-0.2, -0.15) is 0 Å². The molecule has 2 aliphatic heterocycles. The van der Waals surface area contributed by atoms with Gasteiger partial charge in [-0.05, 0) is 13.0 Å². The predicted molar refractivity (Wildman–Crippen MR) is 133 cm³/mol. The number of carbonyl (C=O) groups excluding carboxylic acids is 1. The standard InChI is InChI=1S/C24H27F2N5O10/c1-2-30-19-12(9-27-21-14(19)7-13(28-21)11-29-3-5-39-6-4-29)10-31(22(30)32)20-17(25)15(40-23(33,34)35)8-16(18(20)26)41-24(36,37)38/h7-9,33-38H,2-6,10-11H2,1H3,(H,27,28). The molecule has 3 aromatic rings. The molecule has 2 aliphatic rings. The van der Waals surface area contributed by atoms with Crippen LogP contribution in [0.25, 0.3) is 11.0 Å². The lowest BCUT2D eigenvalue weighted by Gasteiger charge is -2.37. The van der Waals surface area contributed by atoms with E-state index in [1.165, 1.54) is 11.1 Å². The Bertz CT molecular complexity index is 1430. The third kappa shape index (κ3) is 5.88. The number of morpholine rings is 1. The van der Waals surface area contributed by atoms with Crippen molar-refractivity contribution in [3.63, 3.8) is 0 Å². The number of hydrogen-bond acceptors (Lipinski definition) is 12. The Morgan fingerprint density at radius 3 is 2.17 bits per heavy atom. The summed E-state index contributed by atoms with van der Waals surface area (Å²) in [6.45, 7) is 4.53. The molecule has 0 atom stereocenters. The highest BCUT2D eigenvalue weighted by molar-refractivity contribution is 6.11. The Hall–Kier alpha value is -3.68. The highest BCUT2D eigenvalue weighted by Gasteiger charge is 2.39. The quantitative estimate of drug-likeness (QED) is 0.169. The monoisotopic (exact) mass is 583 g/mol. The molecule has 41 heavy (non-hydrogen) atoms. The number of halogens is 2. The zero-order chi connectivity index (χ0) is 29.7. The molecular formula is C24H27F2N5O10. The number of amides is 2. The average Bonchev–Trinajstić information content (AvgIpc) is 3.29. The molecule has 1 fully saturated rings. The van der Waals surface area contributed by atoms with Gasteiger partial charge in [-0.3, -0.25) is 14.7 Å². The normalized spacial score (nSPS) is 16.9. The molecule has 222 valence electrons. The topological polar surface area (TPSA) is 205 Å². The minimum Gasteiger partial charge on any atom is -0.413 e. The first-order valence-corrected chi connectivity index (χ1v) is 12.4. The summed E-state index contributed by atoms with van der Waals surface area (Å²) in [6.07, 6.45) is -6.50. The fourth-order valence-electron chi connectivity index (χ4n) is 4.88. The number of urea groups is 1. The van der Waals surface area contributed by atoms with Gasteiger partial charge in [0.25, 0.3) is 0 Å². The van der Waals surface area contributed by atoms with E-state index in [0.29, 0.717) is 46.9 Å². The van der Waals surface area contributed by atoms with Crippen molar-refractivity contribution in [2.45, 2.75) is 32.3 Å². The zero-order valence-corrected chi connectivity index (χ0v) is 21.5. The van der Waals surface area contributed by atoms with Crippen LogP contribution in [0.15, 0.2) is 18.3 Å². The Kier molecular flexibility index (Phi) is 7.47. The molecule has 0 aliphatic carbocycles. The molecule has 17 heteroatoms. The number of carbonyl (C=O) groups is 1. The molecule has 0 bridgehead atoms. The number of anilines is 2. The summed E-state index contributed by atoms with van der Waals surface area (Å²) in [4.78, 5) is 25.4. The molecule has 7 N–H and O–H groups in total. The minimum atomic E-state index is -3.96. The van der Waals surface area contributed by atoms with E-state index in [-0.39, 0.29) is 12.6 Å². The second-order valence-corrected chi connectivity index (χ2v) is 9.39. The number of aliphatic hydroxyl groups is 6. The van der Waals surface area contributed by atoms with Crippen LogP contribution >= 0.6 is 0 Å². The summed E-state index contributed by atoms with van der Waals surface area (Å²) >= 11 is 0. The number of pyridine rings is 1. The Morgan fingerprint density at radius 2 is 1.61 bits per heavy atom. The number of aromatic amines is 1. The average molecular weight is 584 g/mol. The first kappa shape index (κ1) is 28.8. The lowest BCUT2D eigenvalue weighted by atomic mass is 10.1. The summed E-state index contributed by atoms with van der Waals surface area (Å²) in [5, 5.41) is 55.7. The van der Waals surface area contributed by atoms with Crippen molar-refractivity contribution in [3.8, 4) is 11.5 Å². The zero-order valence-electron chi connectivity index (χ0n) is 21.5. The van der Waals surface area contributed by atoms with Gasteiger partial charge < -0.3 is 49.8 Å². The summed E-state index contributed by atoms with van der Waals surface area (Å²) < 4.78 is 45.0. The summed E-state index contributed by atoms with van der Waals surface area (Å²) in [7, 11) is 0. The minimum absolute atomic E-state index is 0.0499. The van der Waals surface area contributed by atoms with Gasteiger partial charge in [0, 0.05) is 55.1 Å². The number of fused-ring (bicyclic) bond motifs is 3. The van der Waals surface area contributed by atoms with E-state index in [1.807, 2.05) is 6.07 Å². The Balaban J connectivity index is 1.58. The van der Waals surface area contributed by atoms with Crippen molar-refractivity contribution >= 4 is 28.4 Å².